The average Bonchev–Trinajstić information content (AvgIpc) is 2.45. The van der Waals surface area contributed by atoms with E-state index in [2.05, 4.69) is 10.0 Å². The number of nitrogens with one attached hydrogen (secondary N) is 2. The molecule has 22 heavy (non-hydrogen) atoms. The van der Waals surface area contributed by atoms with Gasteiger partial charge in [0.15, 0.2) is 0 Å². The van der Waals surface area contributed by atoms with Crippen molar-refractivity contribution < 1.29 is 16.8 Å². The molecule has 0 aromatic heterocycles. The third-order valence-corrected chi connectivity index (χ3v) is 6.90. The first kappa shape index (κ1) is 22.1. The molecule has 0 aliphatic carbocycles. The molecule has 2 N–H and O–H groups in total. The lowest BCUT2D eigenvalue weighted by atomic mass is 10.1. The van der Waals surface area contributed by atoms with Crippen molar-refractivity contribution in [2.45, 2.75) is 39.2 Å². The summed E-state index contributed by atoms with van der Waals surface area (Å²) in [6, 6.07) is 0.0268. The molecule has 10 heteroatoms. The Kier molecular flexibility index (Phi) is 10.1. The first-order valence-electron chi connectivity index (χ1n) is 7.50. The predicted molar refractivity (Wildman–Crippen MR) is 91.4 cm³/mol. The molecule has 134 valence electrons. The van der Waals surface area contributed by atoms with Crippen molar-refractivity contribution in [2.24, 2.45) is 0 Å². The van der Waals surface area contributed by atoms with Gasteiger partial charge >= 0.3 is 0 Å². The second-order valence-electron chi connectivity index (χ2n) is 5.21. The summed E-state index contributed by atoms with van der Waals surface area (Å²) in [7, 11) is -6.78. The Bertz CT molecular complexity index is 504. The van der Waals surface area contributed by atoms with Crippen LogP contribution in [0.2, 0.25) is 0 Å². The first-order chi connectivity index (χ1) is 9.82. The van der Waals surface area contributed by atoms with Gasteiger partial charge in [-0.15, -0.1) is 12.4 Å². The lowest BCUT2D eigenvalue weighted by Gasteiger charge is -2.33. The van der Waals surface area contributed by atoms with E-state index in [1.54, 1.807) is 4.31 Å². The molecular weight excluding hydrogens is 350 g/mol. The van der Waals surface area contributed by atoms with Gasteiger partial charge in [-0.2, -0.15) is 4.31 Å². The molecular formula is C12H28ClN3O4S2. The molecule has 7 nitrogen and oxygen atoms in total. The lowest BCUT2D eigenvalue weighted by Crippen LogP contribution is -2.48. The van der Waals surface area contributed by atoms with E-state index >= 15 is 0 Å². The molecule has 1 aliphatic rings. The molecule has 0 atom stereocenters. The number of piperidine rings is 1. The fourth-order valence-corrected chi connectivity index (χ4v) is 4.88. The highest BCUT2D eigenvalue weighted by atomic mass is 35.5. The smallest absolute Gasteiger partial charge is 0.215 e. The molecule has 0 spiro atoms. The van der Waals surface area contributed by atoms with Crippen LogP contribution in [0.4, 0.5) is 0 Å². The van der Waals surface area contributed by atoms with Crippen LogP contribution >= 0.6 is 12.4 Å². The van der Waals surface area contributed by atoms with Gasteiger partial charge in [-0.1, -0.05) is 6.92 Å². The van der Waals surface area contributed by atoms with Gasteiger partial charge < -0.3 is 5.32 Å². The fourth-order valence-electron chi connectivity index (χ4n) is 2.41. The molecule has 1 saturated heterocycles. The molecule has 1 rings (SSSR count). The maximum absolute atomic E-state index is 12.5. The fraction of sp³-hybridized carbons (Fsp3) is 1.00. The van der Waals surface area contributed by atoms with Crippen LogP contribution in [0.1, 0.15) is 33.1 Å². The summed E-state index contributed by atoms with van der Waals surface area (Å²) in [5, 5.41) is 3.22. The van der Waals surface area contributed by atoms with Gasteiger partial charge in [0.05, 0.1) is 11.5 Å². The van der Waals surface area contributed by atoms with Crippen molar-refractivity contribution in [3.8, 4) is 0 Å². The molecule has 1 heterocycles. The van der Waals surface area contributed by atoms with E-state index in [-0.39, 0.29) is 36.5 Å². The van der Waals surface area contributed by atoms with E-state index in [1.807, 2.05) is 6.92 Å². The molecule has 0 bridgehead atoms. The third-order valence-electron chi connectivity index (χ3n) is 3.58. The summed E-state index contributed by atoms with van der Waals surface area (Å²) in [4.78, 5) is 0. The molecule has 0 aromatic rings. The van der Waals surface area contributed by atoms with Crippen LogP contribution in [0.5, 0.6) is 0 Å². The predicted octanol–water partition coefficient (Wildman–Crippen LogP) is 0.141. The summed E-state index contributed by atoms with van der Waals surface area (Å²) >= 11 is 0. The quantitative estimate of drug-likeness (QED) is 0.596. The number of halogens is 1. The zero-order valence-corrected chi connectivity index (χ0v) is 15.7. The highest BCUT2D eigenvalue weighted by Crippen LogP contribution is 2.17. The van der Waals surface area contributed by atoms with Gasteiger partial charge in [-0.25, -0.2) is 21.6 Å². The summed E-state index contributed by atoms with van der Waals surface area (Å²) in [5.41, 5.74) is 0. The van der Waals surface area contributed by atoms with Gasteiger partial charge in [0.2, 0.25) is 20.0 Å². The van der Waals surface area contributed by atoms with Crippen LogP contribution in [0.3, 0.4) is 0 Å². The van der Waals surface area contributed by atoms with E-state index in [1.165, 1.54) is 6.92 Å². The first-order valence-corrected chi connectivity index (χ1v) is 10.8. The summed E-state index contributed by atoms with van der Waals surface area (Å²) < 4.78 is 51.5. The van der Waals surface area contributed by atoms with Crippen LogP contribution < -0.4 is 10.0 Å². The van der Waals surface area contributed by atoms with Gasteiger partial charge in [-0.3, -0.25) is 0 Å². The minimum Gasteiger partial charge on any atom is -0.317 e. The summed E-state index contributed by atoms with van der Waals surface area (Å²) in [6.45, 7) is 5.54. The highest BCUT2D eigenvalue weighted by molar-refractivity contribution is 7.90. The summed E-state index contributed by atoms with van der Waals surface area (Å²) in [6.07, 6.45) is 2.36. The molecule has 1 aliphatic heterocycles. The number of rotatable bonds is 9. The van der Waals surface area contributed by atoms with E-state index < -0.39 is 20.0 Å². The molecule has 0 saturated carbocycles. The number of nitrogens with zero attached hydrogens (tertiary/aromatic N) is 1. The third kappa shape index (κ3) is 7.10. The Morgan fingerprint density at radius 3 is 2.23 bits per heavy atom. The lowest BCUT2D eigenvalue weighted by molar-refractivity contribution is 0.262. The minimum atomic E-state index is -3.44. The monoisotopic (exact) mass is 377 g/mol. The van der Waals surface area contributed by atoms with E-state index in [9.17, 15) is 16.8 Å². The van der Waals surface area contributed by atoms with Crippen LogP contribution in [0.15, 0.2) is 0 Å². The van der Waals surface area contributed by atoms with Crippen LogP contribution in [0, 0.1) is 0 Å². The van der Waals surface area contributed by atoms with Crippen molar-refractivity contribution in [3.63, 3.8) is 0 Å². The topological polar surface area (TPSA) is 95.6 Å². The number of hydrogen-bond donors (Lipinski definition) is 2. The van der Waals surface area contributed by atoms with Gasteiger partial charge in [0, 0.05) is 19.1 Å². The maximum Gasteiger partial charge on any atom is 0.215 e. The van der Waals surface area contributed by atoms with E-state index in [0.717, 1.165) is 32.4 Å². The van der Waals surface area contributed by atoms with Crippen molar-refractivity contribution in [2.75, 3.05) is 37.7 Å². The Morgan fingerprint density at radius 1 is 1.14 bits per heavy atom. The normalized spacial score (nSPS) is 17.4. The van der Waals surface area contributed by atoms with Crippen molar-refractivity contribution in [1.82, 2.24) is 14.3 Å². The molecule has 0 amide bonds. The molecule has 0 unspecified atom stereocenters. The van der Waals surface area contributed by atoms with Gasteiger partial charge in [0.25, 0.3) is 0 Å². The molecule has 0 aromatic carbocycles. The second-order valence-corrected chi connectivity index (χ2v) is 9.34. The number of sulfonamides is 2. The maximum atomic E-state index is 12.5. The van der Waals surface area contributed by atoms with E-state index in [4.69, 9.17) is 0 Å². The second kappa shape index (κ2) is 10.0. The Balaban J connectivity index is 0.00000441. The zero-order valence-electron chi connectivity index (χ0n) is 13.2. The molecule has 0 radical (unpaired) electrons. The Labute approximate surface area is 140 Å². The molecule has 1 fully saturated rings. The SMILES string of the molecule is CCCN(C1CCNCC1)S(=O)(=O)CCNS(=O)(=O)CC.Cl. The Hall–Kier alpha value is 0.0700. The highest BCUT2D eigenvalue weighted by Gasteiger charge is 2.30. The van der Waals surface area contributed by atoms with Crippen LogP contribution in [-0.4, -0.2) is 64.9 Å². The Morgan fingerprint density at radius 2 is 1.73 bits per heavy atom. The van der Waals surface area contributed by atoms with Gasteiger partial charge in [0.1, 0.15) is 0 Å². The van der Waals surface area contributed by atoms with Crippen molar-refractivity contribution in [3.05, 3.63) is 0 Å². The number of hydrogen-bond acceptors (Lipinski definition) is 5. The van der Waals surface area contributed by atoms with Crippen LogP contribution in [0.25, 0.3) is 0 Å². The van der Waals surface area contributed by atoms with E-state index in [0.29, 0.717) is 6.54 Å². The van der Waals surface area contributed by atoms with Crippen molar-refractivity contribution in [1.29, 1.82) is 0 Å². The standard InChI is InChI=1S/C12H27N3O4S2.ClH/c1-3-10-15(12-5-7-13-8-6-12)21(18,19)11-9-14-20(16,17)4-2;/h12-14H,3-11H2,1-2H3;1H. The largest absolute Gasteiger partial charge is 0.317 e. The van der Waals surface area contributed by atoms with Gasteiger partial charge in [-0.05, 0) is 39.3 Å². The van der Waals surface area contributed by atoms with Crippen LogP contribution in [-0.2, 0) is 20.0 Å². The van der Waals surface area contributed by atoms with Crippen molar-refractivity contribution >= 4 is 32.5 Å². The average molecular weight is 378 g/mol. The minimum absolute atomic E-state index is 0. The summed E-state index contributed by atoms with van der Waals surface area (Å²) in [5.74, 6) is -0.226. The zero-order chi connectivity index (χ0) is 15.9.